The molecule has 11 amide bonds. The predicted molar refractivity (Wildman–Crippen MR) is 329 cm³/mol. The van der Waals surface area contributed by atoms with Gasteiger partial charge in [0.1, 0.15) is 60.4 Å². The molecule has 1 aromatic carbocycles. The largest absolute Gasteiger partial charge is 0.481 e. The Labute approximate surface area is 530 Å². The second kappa shape index (κ2) is 36.9. The Balaban J connectivity index is 1.82. The number of Topliss-reactive ketones (excluding diaryl/α,β-unsaturated/α-hetero) is 1. The molecule has 0 spiro atoms. The van der Waals surface area contributed by atoms with Gasteiger partial charge in [-0.15, -0.1) is 0 Å². The van der Waals surface area contributed by atoms with Crippen molar-refractivity contribution in [3.63, 3.8) is 0 Å². The standard InChI is InChI=1S/C55H82N16O18S2/c1-26(2)16-34-47(81)69-39(54(88)89)25-91-23-29(74)22-90-24-38(62-42(76)19-56)50(84)70-44(27(3)73)52(86)64-32(10-6-14-60-55(58)59)45(79)63-33(12-13-41(57)75)46(80)66-35(17-28-20-61-31-9-5-4-8-30(28)31)48(82)67-36(18-43(77)78)53(87)71-15-7-11-40(71)51(85)68-37(21-72)49(83)65-34/h4-5,8-9,20,26-27,32-40,44,61,72-73H,6-7,10-19,21-25,56H2,1-3H3,(H2,57,75)(H,62,76)(H,63,79)(H,64,86)(H,65,83)(H,66,80)(H,67,82)(H,68,85)(H,69,81)(H,70,84)(H,77,78)(H,88,89)(H4,58,59,60)/t27-,32+,33+,34+,35+,36+,37+,38+,39+,40+,44+/m1/s1. The third kappa shape index (κ3) is 24.3. The number of para-hydroxylation sites is 1. The first-order valence-electron chi connectivity index (χ1n) is 29.1. The van der Waals surface area contributed by atoms with E-state index < -0.39 is 182 Å². The summed E-state index contributed by atoms with van der Waals surface area (Å²) in [5.74, 6) is -17.3. The van der Waals surface area contributed by atoms with E-state index in [0.717, 1.165) is 35.3 Å². The number of H-pyrrole nitrogens is 1. The molecule has 2 aromatic rings. The van der Waals surface area contributed by atoms with Crippen LogP contribution in [0.5, 0.6) is 0 Å². The molecular formula is C55H82N16O18S2. The average molecular weight is 1320 g/mol. The van der Waals surface area contributed by atoms with E-state index in [9.17, 15) is 87.5 Å². The van der Waals surface area contributed by atoms with Crippen LogP contribution in [0, 0.1) is 5.92 Å². The van der Waals surface area contributed by atoms with Gasteiger partial charge in [-0.1, -0.05) is 32.0 Å². The number of aliphatic imine (C=N–C) groups is 1. The van der Waals surface area contributed by atoms with Gasteiger partial charge in [0.2, 0.25) is 65.0 Å². The lowest BCUT2D eigenvalue weighted by molar-refractivity contribution is -0.146. The zero-order valence-corrected chi connectivity index (χ0v) is 52.0. The molecule has 36 heteroatoms. The number of nitrogens with two attached hydrogens (primary N) is 4. The number of aliphatic hydroxyl groups excluding tert-OH is 2. The number of hydrogen-bond acceptors (Lipinski definition) is 20. The van der Waals surface area contributed by atoms with Crippen molar-refractivity contribution in [3.05, 3.63) is 36.0 Å². The third-order valence-electron chi connectivity index (χ3n) is 14.2. The number of rotatable bonds is 18. The molecule has 3 heterocycles. The summed E-state index contributed by atoms with van der Waals surface area (Å²) in [5, 5.41) is 63.7. The lowest BCUT2D eigenvalue weighted by Gasteiger charge is -2.30. The van der Waals surface area contributed by atoms with Crippen molar-refractivity contribution >= 4 is 123 Å². The number of ketones is 1. The summed E-state index contributed by atoms with van der Waals surface area (Å²) in [6, 6.07) is -10.0. The Morgan fingerprint density at radius 1 is 0.714 bits per heavy atom. The van der Waals surface area contributed by atoms with E-state index in [4.69, 9.17) is 22.9 Å². The smallest absolute Gasteiger partial charge is 0.327 e. The van der Waals surface area contributed by atoms with Gasteiger partial charge < -0.3 is 101 Å². The number of fused-ring (bicyclic) bond motifs is 2. The van der Waals surface area contributed by atoms with Crippen LogP contribution in [-0.4, -0.2) is 235 Å². The predicted octanol–water partition coefficient (Wildman–Crippen LogP) is -6.63. The highest BCUT2D eigenvalue weighted by molar-refractivity contribution is 8.01. The summed E-state index contributed by atoms with van der Waals surface area (Å²) in [7, 11) is 0. The van der Waals surface area contributed by atoms with Crippen LogP contribution >= 0.6 is 23.5 Å². The molecule has 91 heavy (non-hydrogen) atoms. The van der Waals surface area contributed by atoms with Gasteiger partial charge in [-0.3, -0.25) is 67.3 Å². The molecule has 502 valence electrons. The Bertz CT molecular complexity index is 3000. The molecule has 0 saturated carbocycles. The number of nitrogens with one attached hydrogen (secondary N) is 10. The maximum atomic E-state index is 14.7. The zero-order valence-electron chi connectivity index (χ0n) is 50.4. The van der Waals surface area contributed by atoms with E-state index >= 15 is 0 Å². The number of aliphatic carboxylic acids is 2. The normalized spacial score (nSPS) is 25.1. The highest BCUT2D eigenvalue weighted by Gasteiger charge is 2.42. The molecule has 0 unspecified atom stereocenters. The molecule has 4 rings (SSSR count). The van der Waals surface area contributed by atoms with Gasteiger partial charge in [-0.25, -0.2) is 4.79 Å². The number of aromatic nitrogens is 1. The van der Waals surface area contributed by atoms with Crippen LogP contribution in [0.3, 0.4) is 0 Å². The average Bonchev–Trinajstić information content (AvgIpc) is 1.79. The van der Waals surface area contributed by atoms with Crippen LogP contribution in [0.15, 0.2) is 35.5 Å². The Morgan fingerprint density at radius 3 is 1.91 bits per heavy atom. The first kappa shape index (κ1) is 74.9. The Morgan fingerprint density at radius 2 is 1.30 bits per heavy atom. The molecule has 0 radical (unpaired) electrons. The number of carboxylic acids is 2. The molecule has 0 aliphatic carbocycles. The molecule has 0 bridgehead atoms. The molecule has 2 fully saturated rings. The molecule has 22 N–H and O–H groups in total. The lowest BCUT2D eigenvalue weighted by atomic mass is 10.0. The monoisotopic (exact) mass is 1320 g/mol. The fourth-order valence-electron chi connectivity index (χ4n) is 9.62. The van der Waals surface area contributed by atoms with Crippen molar-refractivity contribution in [2.75, 3.05) is 49.3 Å². The second-order valence-corrected chi connectivity index (χ2v) is 24.1. The number of guanidine groups is 1. The van der Waals surface area contributed by atoms with Crippen LogP contribution in [-0.2, 0) is 73.5 Å². The minimum Gasteiger partial charge on any atom is -0.481 e. The number of nitrogens with zero attached hydrogens (tertiary/aromatic N) is 2. The molecule has 2 aliphatic rings. The van der Waals surface area contributed by atoms with E-state index in [-0.39, 0.29) is 86.5 Å². The van der Waals surface area contributed by atoms with Crippen LogP contribution in [0.4, 0.5) is 0 Å². The number of thioether (sulfide) groups is 2. The third-order valence-corrected chi connectivity index (χ3v) is 16.4. The Kier molecular flexibility index (Phi) is 30.4. The fourth-order valence-corrected chi connectivity index (χ4v) is 11.6. The van der Waals surface area contributed by atoms with E-state index in [2.05, 4.69) is 57.8 Å². The zero-order chi connectivity index (χ0) is 67.6. The quantitative estimate of drug-likeness (QED) is 0.0375. The first-order valence-corrected chi connectivity index (χ1v) is 31.4. The van der Waals surface area contributed by atoms with Gasteiger partial charge in [-0.05, 0) is 63.0 Å². The van der Waals surface area contributed by atoms with Gasteiger partial charge in [0.05, 0.1) is 37.2 Å². The van der Waals surface area contributed by atoms with E-state index in [1.54, 1.807) is 38.1 Å². The van der Waals surface area contributed by atoms with Crippen molar-refractivity contribution in [2.24, 2.45) is 33.8 Å². The molecule has 1 aromatic heterocycles. The van der Waals surface area contributed by atoms with Crippen LogP contribution in [0.25, 0.3) is 10.9 Å². The molecule has 34 nitrogen and oxygen atoms in total. The topological polar surface area (TPSA) is 564 Å². The van der Waals surface area contributed by atoms with Crippen molar-refractivity contribution in [3.8, 4) is 0 Å². The van der Waals surface area contributed by atoms with Gasteiger partial charge in [0, 0.05) is 54.5 Å². The number of hydrogen-bond donors (Lipinski definition) is 18. The van der Waals surface area contributed by atoms with Crippen LogP contribution < -0.4 is 70.8 Å². The highest BCUT2D eigenvalue weighted by atomic mass is 32.2. The van der Waals surface area contributed by atoms with Crippen LogP contribution in [0.2, 0.25) is 0 Å². The number of carboxylic acid groups (broad SMARTS) is 2. The summed E-state index contributed by atoms with van der Waals surface area (Å²) in [6.45, 7) is 2.52. The highest BCUT2D eigenvalue weighted by Crippen LogP contribution is 2.22. The van der Waals surface area contributed by atoms with Gasteiger partial charge in [0.15, 0.2) is 11.7 Å². The molecule has 2 saturated heterocycles. The maximum absolute atomic E-state index is 14.7. The van der Waals surface area contributed by atoms with Crippen molar-refractivity contribution < 1.29 is 87.5 Å². The number of primary amides is 1. The number of aliphatic hydroxyl groups is 2. The number of benzene rings is 1. The SMILES string of the molecule is CC(C)C[C@@H]1NC(=O)[C@H](CO)NC(=O)[C@@H]2CCCN2C(=O)[C@H](CC(=O)O)NC(=O)[C@H](Cc2c[nH]c3ccccc23)NC(=O)[C@H](CCC(N)=O)NC(=O)[C@H](CCCN=C(N)N)NC(=O)[C@H]([C@@H](C)O)NC(=O)[C@@H](NC(=O)CN)CSCC(=O)CSC[C@@H](C(=O)O)NC1=O. The van der Waals surface area contributed by atoms with Gasteiger partial charge in [0.25, 0.3) is 0 Å². The first-order chi connectivity index (χ1) is 43.0. The Hall–Kier alpha value is -8.61. The summed E-state index contributed by atoms with van der Waals surface area (Å²) in [5.41, 5.74) is 23.0. The summed E-state index contributed by atoms with van der Waals surface area (Å²) < 4.78 is 0. The van der Waals surface area contributed by atoms with Crippen LogP contribution in [0.1, 0.15) is 77.7 Å². The lowest BCUT2D eigenvalue weighted by Crippen LogP contribution is -2.62. The minimum atomic E-state index is -1.95. The molecule has 2 aliphatic heterocycles. The number of carbonyl (C=O) groups excluding carboxylic acids is 12. The fraction of sp³-hybridized carbons (Fsp3) is 0.582. The van der Waals surface area contributed by atoms with Crippen molar-refractivity contribution in [1.82, 2.24) is 57.7 Å². The van der Waals surface area contributed by atoms with Crippen molar-refractivity contribution in [1.29, 1.82) is 0 Å². The van der Waals surface area contributed by atoms with Crippen molar-refractivity contribution in [2.45, 2.75) is 145 Å². The molecular weight excluding hydrogens is 1240 g/mol. The second-order valence-electron chi connectivity index (χ2n) is 22.0. The molecule has 11 atom stereocenters. The summed E-state index contributed by atoms with van der Waals surface area (Å²) in [6.07, 6.45) is -3.11. The maximum Gasteiger partial charge on any atom is 0.327 e. The number of carbonyl (C=O) groups is 14. The van der Waals surface area contributed by atoms with E-state index in [0.29, 0.717) is 16.5 Å². The summed E-state index contributed by atoms with van der Waals surface area (Å²) >= 11 is 1.64. The number of amides is 11. The van der Waals surface area contributed by atoms with E-state index in [1.165, 1.54) is 6.20 Å². The van der Waals surface area contributed by atoms with Gasteiger partial charge >= 0.3 is 11.9 Å². The van der Waals surface area contributed by atoms with Gasteiger partial charge in [-0.2, -0.15) is 23.5 Å². The van der Waals surface area contributed by atoms with E-state index in [1.807, 2.05) is 0 Å². The minimum absolute atomic E-state index is 0.0381. The summed E-state index contributed by atoms with van der Waals surface area (Å²) in [4.78, 5) is 199. The number of aromatic amines is 1.